The van der Waals surface area contributed by atoms with E-state index >= 15 is 0 Å². The molecule has 0 radical (unpaired) electrons. The zero-order valence-corrected chi connectivity index (χ0v) is 13.0. The SMILES string of the molecule is COc1ccc(C2=COC3CC(O)C(OC)C(O)C3C2=O)cc1. The first-order valence-corrected chi connectivity index (χ1v) is 7.50. The van der Waals surface area contributed by atoms with Gasteiger partial charge in [0.25, 0.3) is 0 Å². The van der Waals surface area contributed by atoms with E-state index in [9.17, 15) is 15.0 Å². The summed E-state index contributed by atoms with van der Waals surface area (Å²) in [7, 11) is 2.98. The maximum atomic E-state index is 12.8. The second-order valence-electron chi connectivity index (χ2n) is 5.82. The zero-order valence-electron chi connectivity index (χ0n) is 13.0. The lowest BCUT2D eigenvalue weighted by atomic mass is 9.74. The normalized spacial score (nSPS) is 33.5. The fourth-order valence-corrected chi connectivity index (χ4v) is 3.31. The van der Waals surface area contributed by atoms with Gasteiger partial charge in [-0.2, -0.15) is 0 Å². The maximum Gasteiger partial charge on any atom is 0.176 e. The van der Waals surface area contributed by atoms with Crippen LogP contribution in [0.15, 0.2) is 30.5 Å². The lowest BCUT2D eigenvalue weighted by molar-refractivity contribution is -0.171. The number of carbonyl (C=O) groups is 1. The maximum absolute atomic E-state index is 12.8. The molecule has 5 atom stereocenters. The molecule has 1 aliphatic heterocycles. The van der Waals surface area contributed by atoms with E-state index < -0.39 is 30.3 Å². The van der Waals surface area contributed by atoms with Crippen molar-refractivity contribution in [2.75, 3.05) is 14.2 Å². The molecule has 3 rings (SSSR count). The summed E-state index contributed by atoms with van der Waals surface area (Å²) in [5.74, 6) is -0.255. The summed E-state index contributed by atoms with van der Waals surface area (Å²) in [6.07, 6.45) is -1.64. The number of hydrogen-bond acceptors (Lipinski definition) is 6. The summed E-state index contributed by atoms with van der Waals surface area (Å²) in [4.78, 5) is 12.8. The van der Waals surface area contributed by atoms with E-state index in [-0.39, 0.29) is 12.2 Å². The predicted molar refractivity (Wildman–Crippen MR) is 81.8 cm³/mol. The molecule has 23 heavy (non-hydrogen) atoms. The Balaban J connectivity index is 1.89. The quantitative estimate of drug-likeness (QED) is 0.855. The zero-order chi connectivity index (χ0) is 16.6. The van der Waals surface area contributed by atoms with Gasteiger partial charge in [-0.15, -0.1) is 0 Å². The van der Waals surface area contributed by atoms with Gasteiger partial charge in [0.15, 0.2) is 5.78 Å². The Bertz CT molecular complexity index is 608. The van der Waals surface area contributed by atoms with E-state index in [1.807, 2.05) is 0 Å². The van der Waals surface area contributed by atoms with E-state index in [0.29, 0.717) is 16.9 Å². The van der Waals surface area contributed by atoms with Gasteiger partial charge in [0.05, 0.1) is 37.1 Å². The number of hydrogen-bond donors (Lipinski definition) is 2. The van der Waals surface area contributed by atoms with Gasteiger partial charge in [0, 0.05) is 13.5 Å². The highest BCUT2D eigenvalue weighted by Gasteiger charge is 2.50. The molecule has 6 nitrogen and oxygen atoms in total. The third kappa shape index (κ3) is 2.73. The Morgan fingerprint density at radius 2 is 1.87 bits per heavy atom. The summed E-state index contributed by atoms with van der Waals surface area (Å²) in [5.41, 5.74) is 1.10. The average Bonchev–Trinajstić information content (AvgIpc) is 2.55. The molecule has 1 aromatic carbocycles. The van der Waals surface area contributed by atoms with Crippen LogP contribution in [-0.2, 0) is 14.3 Å². The van der Waals surface area contributed by atoms with Crippen LogP contribution in [0, 0.1) is 5.92 Å². The number of carbonyl (C=O) groups excluding carboxylic acids is 1. The topological polar surface area (TPSA) is 85.2 Å². The first-order chi connectivity index (χ1) is 11.1. The Kier molecular flexibility index (Phi) is 4.39. The van der Waals surface area contributed by atoms with Gasteiger partial charge in [-0.3, -0.25) is 4.79 Å². The molecule has 0 bridgehead atoms. The summed E-state index contributed by atoms with van der Waals surface area (Å²) in [5, 5.41) is 20.4. The number of benzene rings is 1. The molecule has 6 heteroatoms. The number of aliphatic hydroxyl groups is 2. The molecule has 0 saturated heterocycles. The van der Waals surface area contributed by atoms with Crippen LogP contribution in [0.1, 0.15) is 12.0 Å². The predicted octanol–water partition coefficient (Wildman–Crippen LogP) is 0.761. The smallest absolute Gasteiger partial charge is 0.176 e. The fourth-order valence-electron chi connectivity index (χ4n) is 3.31. The third-order valence-corrected chi connectivity index (χ3v) is 4.56. The molecule has 0 amide bonds. The molecule has 1 saturated carbocycles. The molecule has 0 spiro atoms. The van der Waals surface area contributed by atoms with Crippen LogP contribution in [0.3, 0.4) is 0 Å². The van der Waals surface area contributed by atoms with Crippen LogP contribution in [0.2, 0.25) is 0 Å². The van der Waals surface area contributed by atoms with Crippen molar-refractivity contribution < 1.29 is 29.2 Å². The second kappa shape index (κ2) is 6.31. The van der Waals surface area contributed by atoms with Gasteiger partial charge in [0.1, 0.15) is 18.0 Å². The van der Waals surface area contributed by atoms with Gasteiger partial charge in [-0.05, 0) is 17.7 Å². The Morgan fingerprint density at radius 3 is 2.48 bits per heavy atom. The average molecular weight is 320 g/mol. The lowest BCUT2D eigenvalue weighted by Gasteiger charge is -2.43. The molecular formula is C17H20O6. The number of fused-ring (bicyclic) bond motifs is 1. The van der Waals surface area contributed by atoms with Gasteiger partial charge in [0.2, 0.25) is 0 Å². The number of rotatable bonds is 3. The molecule has 1 aromatic rings. The molecule has 124 valence electrons. The van der Waals surface area contributed by atoms with E-state index in [1.165, 1.54) is 13.4 Å². The molecular weight excluding hydrogens is 300 g/mol. The molecule has 1 heterocycles. The number of methoxy groups -OCH3 is 2. The van der Waals surface area contributed by atoms with Crippen LogP contribution in [0.25, 0.3) is 5.57 Å². The van der Waals surface area contributed by atoms with Gasteiger partial charge < -0.3 is 24.4 Å². The number of Topliss-reactive ketones (excluding diaryl/α,β-unsaturated/α-hetero) is 1. The summed E-state index contributed by atoms with van der Waals surface area (Å²) < 4.78 is 15.9. The van der Waals surface area contributed by atoms with Crippen molar-refractivity contribution >= 4 is 11.4 Å². The number of ketones is 1. The largest absolute Gasteiger partial charge is 0.497 e. The van der Waals surface area contributed by atoms with Crippen LogP contribution in [0.5, 0.6) is 5.75 Å². The standard InChI is InChI=1S/C17H20O6/c1-21-10-5-3-9(4-6-10)11-8-23-13-7-12(18)17(22-2)16(20)14(13)15(11)19/h3-6,8,12-14,16-18,20H,7H2,1-2H3. The Hall–Kier alpha value is -1.89. The number of ether oxygens (including phenoxy) is 3. The highest BCUT2D eigenvalue weighted by molar-refractivity contribution is 6.22. The molecule has 1 aliphatic carbocycles. The van der Waals surface area contributed by atoms with Gasteiger partial charge >= 0.3 is 0 Å². The van der Waals surface area contributed by atoms with Gasteiger partial charge in [-0.25, -0.2) is 0 Å². The van der Waals surface area contributed by atoms with E-state index in [4.69, 9.17) is 14.2 Å². The highest BCUT2D eigenvalue weighted by Crippen LogP contribution is 2.37. The molecule has 1 fully saturated rings. The number of aliphatic hydroxyl groups excluding tert-OH is 2. The van der Waals surface area contributed by atoms with Crippen molar-refractivity contribution in [2.45, 2.75) is 30.8 Å². The molecule has 0 aromatic heterocycles. The van der Waals surface area contributed by atoms with Crippen molar-refractivity contribution in [2.24, 2.45) is 5.92 Å². The highest BCUT2D eigenvalue weighted by atomic mass is 16.5. The fraction of sp³-hybridized carbons (Fsp3) is 0.471. The van der Waals surface area contributed by atoms with E-state index in [1.54, 1.807) is 31.4 Å². The second-order valence-corrected chi connectivity index (χ2v) is 5.82. The minimum Gasteiger partial charge on any atom is -0.497 e. The van der Waals surface area contributed by atoms with Crippen LogP contribution in [-0.4, -0.2) is 54.6 Å². The summed E-state index contributed by atoms with van der Waals surface area (Å²) >= 11 is 0. The van der Waals surface area contributed by atoms with Crippen molar-refractivity contribution in [1.82, 2.24) is 0 Å². The van der Waals surface area contributed by atoms with Crippen molar-refractivity contribution in [3.8, 4) is 5.75 Å². The van der Waals surface area contributed by atoms with Crippen LogP contribution in [0.4, 0.5) is 0 Å². The van der Waals surface area contributed by atoms with Crippen LogP contribution < -0.4 is 4.74 Å². The monoisotopic (exact) mass is 320 g/mol. The van der Waals surface area contributed by atoms with E-state index in [0.717, 1.165) is 0 Å². The Labute approximate surface area is 134 Å². The molecule has 2 aliphatic rings. The summed E-state index contributed by atoms with van der Waals surface area (Å²) in [6.45, 7) is 0. The number of allylic oxidation sites excluding steroid dienone is 1. The minimum atomic E-state index is -1.11. The third-order valence-electron chi connectivity index (χ3n) is 4.56. The Morgan fingerprint density at radius 1 is 1.17 bits per heavy atom. The van der Waals surface area contributed by atoms with E-state index in [2.05, 4.69) is 0 Å². The minimum absolute atomic E-state index is 0.201. The first kappa shape index (κ1) is 16.0. The van der Waals surface area contributed by atoms with Crippen molar-refractivity contribution in [3.05, 3.63) is 36.1 Å². The molecule has 5 unspecified atom stereocenters. The first-order valence-electron chi connectivity index (χ1n) is 7.50. The lowest BCUT2D eigenvalue weighted by Crippen LogP contribution is -2.57. The van der Waals surface area contributed by atoms with Crippen molar-refractivity contribution in [3.63, 3.8) is 0 Å². The van der Waals surface area contributed by atoms with Gasteiger partial charge in [-0.1, -0.05) is 12.1 Å². The summed E-state index contributed by atoms with van der Waals surface area (Å²) in [6, 6.07) is 7.05. The van der Waals surface area contributed by atoms with Crippen LogP contribution >= 0.6 is 0 Å². The molecule has 2 N–H and O–H groups in total. The van der Waals surface area contributed by atoms with Crippen molar-refractivity contribution in [1.29, 1.82) is 0 Å².